The Morgan fingerprint density at radius 2 is 2.04 bits per heavy atom. The quantitative estimate of drug-likeness (QED) is 0.738. The minimum Gasteiger partial charge on any atom is -0.474 e. The van der Waals surface area contributed by atoms with E-state index >= 15 is 0 Å². The van der Waals surface area contributed by atoms with Gasteiger partial charge in [0.05, 0.1) is 5.75 Å². The normalized spacial score (nSPS) is 14.4. The molecule has 1 aliphatic rings. The third-order valence-corrected chi connectivity index (χ3v) is 5.16. The van der Waals surface area contributed by atoms with Crippen molar-refractivity contribution in [2.45, 2.75) is 43.2 Å². The molecule has 26 heavy (non-hydrogen) atoms. The number of nitrogens with one attached hydrogen (secondary N) is 1. The lowest BCUT2D eigenvalue weighted by molar-refractivity contribution is -0.118. The molecule has 138 valence electrons. The van der Waals surface area contributed by atoms with Crippen LogP contribution in [0.15, 0.2) is 41.4 Å². The summed E-state index contributed by atoms with van der Waals surface area (Å²) in [5.74, 6) is -1.34. The smallest absolute Gasteiger partial charge is 0.230 e. The monoisotopic (exact) mass is 378 g/mol. The van der Waals surface area contributed by atoms with Crippen LogP contribution < -0.4 is 10.1 Å². The first-order valence-electron chi connectivity index (χ1n) is 8.57. The van der Waals surface area contributed by atoms with Crippen LogP contribution in [0.2, 0.25) is 0 Å². The van der Waals surface area contributed by atoms with Crippen molar-refractivity contribution < 1.29 is 18.3 Å². The number of nitrogens with zero attached hydrogens (tertiary/aromatic N) is 1. The molecule has 4 nitrogen and oxygen atoms in total. The van der Waals surface area contributed by atoms with Gasteiger partial charge < -0.3 is 10.1 Å². The molecule has 1 fully saturated rings. The van der Waals surface area contributed by atoms with E-state index in [0.717, 1.165) is 42.3 Å². The fourth-order valence-corrected chi connectivity index (χ4v) is 3.54. The van der Waals surface area contributed by atoms with Gasteiger partial charge in [-0.15, -0.1) is 11.8 Å². The number of amides is 1. The Morgan fingerprint density at radius 3 is 2.81 bits per heavy atom. The maximum Gasteiger partial charge on any atom is 0.230 e. The highest BCUT2D eigenvalue weighted by Crippen LogP contribution is 2.25. The fourth-order valence-electron chi connectivity index (χ4n) is 2.79. The van der Waals surface area contributed by atoms with Crippen molar-refractivity contribution in [3.8, 4) is 5.88 Å². The van der Waals surface area contributed by atoms with Gasteiger partial charge in [-0.2, -0.15) is 0 Å². The lowest BCUT2D eigenvalue weighted by Gasteiger charge is -2.15. The zero-order valence-electron chi connectivity index (χ0n) is 14.2. The van der Waals surface area contributed by atoms with Crippen LogP contribution in [-0.4, -0.2) is 22.7 Å². The van der Waals surface area contributed by atoms with E-state index in [1.165, 1.54) is 18.9 Å². The average Bonchev–Trinajstić information content (AvgIpc) is 3.15. The predicted octanol–water partition coefficient (Wildman–Crippen LogP) is 4.09. The van der Waals surface area contributed by atoms with Crippen LogP contribution in [0.3, 0.4) is 0 Å². The van der Waals surface area contributed by atoms with Crippen LogP contribution in [0.4, 0.5) is 8.78 Å². The summed E-state index contributed by atoms with van der Waals surface area (Å²) >= 11 is 1.15. The van der Waals surface area contributed by atoms with E-state index in [9.17, 15) is 13.6 Å². The Bertz CT molecular complexity index is 767. The van der Waals surface area contributed by atoms with Crippen LogP contribution in [0.5, 0.6) is 5.88 Å². The molecular weight excluding hydrogens is 358 g/mol. The predicted molar refractivity (Wildman–Crippen MR) is 96.0 cm³/mol. The van der Waals surface area contributed by atoms with Crippen LogP contribution in [-0.2, 0) is 11.3 Å². The van der Waals surface area contributed by atoms with Crippen molar-refractivity contribution in [2.24, 2.45) is 0 Å². The van der Waals surface area contributed by atoms with E-state index in [1.54, 1.807) is 12.3 Å². The van der Waals surface area contributed by atoms with E-state index < -0.39 is 11.6 Å². The van der Waals surface area contributed by atoms with Gasteiger partial charge in [-0.3, -0.25) is 4.79 Å². The van der Waals surface area contributed by atoms with Crippen molar-refractivity contribution in [1.82, 2.24) is 10.3 Å². The molecular formula is C19H20F2N2O2S. The van der Waals surface area contributed by atoms with E-state index in [0.29, 0.717) is 17.3 Å². The maximum atomic E-state index is 13.2. The second kappa shape index (κ2) is 8.98. The van der Waals surface area contributed by atoms with Crippen molar-refractivity contribution in [1.29, 1.82) is 0 Å². The minimum atomic E-state index is -0.917. The van der Waals surface area contributed by atoms with E-state index in [1.807, 2.05) is 6.07 Å². The molecule has 1 N–H and O–H groups in total. The summed E-state index contributed by atoms with van der Waals surface area (Å²) in [6.07, 6.45) is 6.29. The summed E-state index contributed by atoms with van der Waals surface area (Å²) in [6.45, 7) is 0.313. The number of pyridine rings is 1. The van der Waals surface area contributed by atoms with E-state index in [-0.39, 0.29) is 17.8 Å². The molecule has 0 spiro atoms. The van der Waals surface area contributed by atoms with E-state index in [2.05, 4.69) is 10.3 Å². The summed E-state index contributed by atoms with van der Waals surface area (Å²) in [5.41, 5.74) is 0.825. The Kier molecular flexibility index (Phi) is 6.44. The molecule has 0 aliphatic heterocycles. The van der Waals surface area contributed by atoms with Gasteiger partial charge in [0.1, 0.15) is 6.10 Å². The van der Waals surface area contributed by atoms with Crippen molar-refractivity contribution in [3.63, 3.8) is 0 Å². The van der Waals surface area contributed by atoms with Crippen LogP contribution in [0.1, 0.15) is 31.2 Å². The van der Waals surface area contributed by atoms with E-state index in [4.69, 9.17) is 4.74 Å². The van der Waals surface area contributed by atoms with Gasteiger partial charge in [0, 0.05) is 23.2 Å². The summed E-state index contributed by atoms with van der Waals surface area (Å²) < 4.78 is 32.0. The highest BCUT2D eigenvalue weighted by molar-refractivity contribution is 8.00. The number of halogens is 2. The van der Waals surface area contributed by atoms with Gasteiger partial charge in [0.15, 0.2) is 11.6 Å². The van der Waals surface area contributed by atoms with Crippen molar-refractivity contribution >= 4 is 17.7 Å². The lowest BCUT2D eigenvalue weighted by Crippen LogP contribution is -2.25. The molecule has 1 aliphatic carbocycles. The second-order valence-electron chi connectivity index (χ2n) is 6.13. The number of thioether (sulfide) groups is 1. The molecule has 1 aromatic carbocycles. The minimum absolute atomic E-state index is 0.115. The summed E-state index contributed by atoms with van der Waals surface area (Å²) in [7, 11) is 0. The Hall–Kier alpha value is -2.15. The number of carbonyl (C=O) groups excluding carboxylic acids is 1. The fraction of sp³-hybridized carbons (Fsp3) is 0.368. The molecule has 0 saturated heterocycles. The third kappa shape index (κ3) is 5.17. The molecule has 1 heterocycles. The zero-order valence-corrected chi connectivity index (χ0v) is 15.0. The number of aromatic nitrogens is 1. The van der Waals surface area contributed by atoms with Gasteiger partial charge in [0.25, 0.3) is 0 Å². The van der Waals surface area contributed by atoms with Crippen LogP contribution in [0, 0.1) is 11.6 Å². The van der Waals surface area contributed by atoms with Gasteiger partial charge in [-0.25, -0.2) is 13.8 Å². The largest absolute Gasteiger partial charge is 0.474 e. The first-order valence-corrected chi connectivity index (χ1v) is 9.55. The second-order valence-corrected chi connectivity index (χ2v) is 7.18. The Balaban J connectivity index is 1.50. The number of carbonyl (C=O) groups is 1. The molecule has 1 saturated carbocycles. The first-order chi connectivity index (χ1) is 12.6. The average molecular weight is 378 g/mol. The SMILES string of the molecule is O=C(CSc1ccc(F)c(F)c1)NCc1cccnc1OC1CCCC1. The lowest BCUT2D eigenvalue weighted by atomic mass is 10.2. The maximum absolute atomic E-state index is 13.2. The van der Waals surface area contributed by atoms with Crippen LogP contribution >= 0.6 is 11.8 Å². The van der Waals surface area contributed by atoms with Gasteiger partial charge in [-0.05, 0) is 49.9 Å². The topological polar surface area (TPSA) is 51.2 Å². The highest BCUT2D eigenvalue weighted by atomic mass is 32.2. The molecule has 2 aromatic rings. The zero-order chi connectivity index (χ0) is 18.4. The van der Waals surface area contributed by atoms with Crippen molar-refractivity contribution in [3.05, 3.63) is 53.7 Å². The molecule has 3 rings (SSSR count). The standard InChI is InChI=1S/C19H20F2N2O2S/c20-16-8-7-15(10-17(16)21)26-12-18(24)23-11-13-4-3-9-22-19(13)25-14-5-1-2-6-14/h3-4,7-10,14H,1-2,5-6,11-12H2,(H,23,24). The summed E-state index contributed by atoms with van der Waals surface area (Å²) in [5, 5.41) is 2.81. The van der Waals surface area contributed by atoms with Crippen molar-refractivity contribution in [2.75, 3.05) is 5.75 Å². The number of rotatable bonds is 7. The third-order valence-electron chi connectivity index (χ3n) is 4.17. The summed E-state index contributed by atoms with van der Waals surface area (Å²) in [4.78, 5) is 16.8. The number of ether oxygens (including phenoxy) is 1. The molecule has 1 amide bonds. The van der Waals surface area contributed by atoms with Gasteiger partial charge in [0.2, 0.25) is 11.8 Å². The van der Waals surface area contributed by atoms with Gasteiger partial charge >= 0.3 is 0 Å². The number of benzene rings is 1. The van der Waals surface area contributed by atoms with Gasteiger partial charge in [-0.1, -0.05) is 6.07 Å². The molecule has 0 atom stereocenters. The molecule has 1 aromatic heterocycles. The highest BCUT2D eigenvalue weighted by Gasteiger charge is 2.18. The van der Waals surface area contributed by atoms with Crippen LogP contribution in [0.25, 0.3) is 0 Å². The molecule has 0 bridgehead atoms. The molecule has 0 unspecified atom stereocenters. The molecule has 7 heteroatoms. The Labute approximate surface area is 155 Å². The molecule has 0 radical (unpaired) electrons. The number of hydrogen-bond donors (Lipinski definition) is 1. The Morgan fingerprint density at radius 1 is 1.23 bits per heavy atom. The first kappa shape index (κ1) is 18.6. The number of hydrogen-bond acceptors (Lipinski definition) is 4. The summed E-state index contributed by atoms with van der Waals surface area (Å²) in [6, 6.07) is 7.27.